The van der Waals surface area contributed by atoms with Gasteiger partial charge in [0, 0.05) is 6.92 Å². The molecule has 0 aliphatic heterocycles. The van der Waals surface area contributed by atoms with Gasteiger partial charge in [-0.15, -0.1) is 0 Å². The van der Waals surface area contributed by atoms with E-state index in [0.29, 0.717) is 22.1 Å². The third kappa shape index (κ3) is 3.64. The summed E-state index contributed by atoms with van der Waals surface area (Å²) >= 11 is 2.26. The molecule has 2 aromatic rings. The Bertz CT molecular complexity index is 643. The van der Waals surface area contributed by atoms with Gasteiger partial charge in [0.1, 0.15) is 21.7 Å². The summed E-state index contributed by atoms with van der Waals surface area (Å²) in [6.07, 6.45) is 0. The zero-order chi connectivity index (χ0) is 15.4. The molecule has 1 heterocycles. The van der Waals surface area contributed by atoms with E-state index in [4.69, 9.17) is 9.47 Å². The number of thiazole rings is 1. The van der Waals surface area contributed by atoms with Crippen LogP contribution in [-0.4, -0.2) is 36.0 Å². The highest BCUT2D eigenvalue weighted by Crippen LogP contribution is 2.38. The molecular weight excluding hydrogens is 312 g/mol. The summed E-state index contributed by atoms with van der Waals surface area (Å²) in [7, 11) is 3.13. The number of carbonyl (C=O) groups excluding carboxylic acids is 2. The monoisotopic (exact) mass is 326 g/mol. The summed E-state index contributed by atoms with van der Waals surface area (Å²) in [5.74, 6) is 1.08. The first-order valence-electron chi connectivity index (χ1n) is 6.00. The lowest BCUT2D eigenvalue weighted by molar-refractivity contribution is -0.114. The van der Waals surface area contributed by atoms with Crippen LogP contribution in [0.25, 0.3) is 10.2 Å². The quantitative estimate of drug-likeness (QED) is 0.910. The van der Waals surface area contributed by atoms with Crippen LogP contribution < -0.4 is 14.8 Å². The molecule has 0 saturated carbocycles. The van der Waals surface area contributed by atoms with Gasteiger partial charge in [0.05, 0.1) is 20.0 Å². The van der Waals surface area contributed by atoms with Crippen molar-refractivity contribution in [2.75, 3.05) is 25.3 Å². The summed E-state index contributed by atoms with van der Waals surface area (Å²) in [6.45, 7) is 1.42. The number of amides is 1. The van der Waals surface area contributed by atoms with Crippen molar-refractivity contribution in [1.82, 2.24) is 4.98 Å². The highest BCUT2D eigenvalue weighted by atomic mass is 32.2. The fourth-order valence-corrected chi connectivity index (χ4v) is 3.06. The first kappa shape index (κ1) is 15.6. The van der Waals surface area contributed by atoms with Gasteiger partial charge in [0.15, 0.2) is 10.2 Å². The van der Waals surface area contributed by atoms with Crippen molar-refractivity contribution < 1.29 is 19.1 Å². The molecule has 0 spiro atoms. The van der Waals surface area contributed by atoms with Crippen molar-refractivity contribution in [3.63, 3.8) is 0 Å². The number of hydrogen-bond donors (Lipinski definition) is 1. The van der Waals surface area contributed by atoms with Gasteiger partial charge in [0.25, 0.3) is 0 Å². The normalized spacial score (nSPS) is 10.4. The second-order valence-corrected chi connectivity index (χ2v) is 6.15. The van der Waals surface area contributed by atoms with Gasteiger partial charge in [0.2, 0.25) is 5.91 Å². The van der Waals surface area contributed by atoms with Crippen LogP contribution in [0.2, 0.25) is 0 Å². The zero-order valence-electron chi connectivity index (χ0n) is 11.8. The molecule has 0 unspecified atom stereocenters. The Balaban J connectivity index is 2.25. The van der Waals surface area contributed by atoms with Crippen molar-refractivity contribution in [3.05, 3.63) is 12.1 Å². The maximum atomic E-state index is 11.7. The fourth-order valence-electron chi connectivity index (χ4n) is 1.66. The van der Waals surface area contributed by atoms with Crippen molar-refractivity contribution >= 4 is 49.5 Å². The Kier molecular flexibility index (Phi) is 5.03. The Labute approximate surface area is 129 Å². The van der Waals surface area contributed by atoms with E-state index in [9.17, 15) is 9.59 Å². The Morgan fingerprint density at radius 3 is 2.57 bits per heavy atom. The molecule has 0 aliphatic rings. The number of nitrogens with one attached hydrogen (secondary N) is 1. The molecule has 21 heavy (non-hydrogen) atoms. The Hall–Kier alpha value is -1.80. The predicted octanol–water partition coefficient (Wildman–Crippen LogP) is 2.53. The van der Waals surface area contributed by atoms with Crippen molar-refractivity contribution in [1.29, 1.82) is 0 Å². The lowest BCUT2D eigenvalue weighted by Gasteiger charge is -2.03. The van der Waals surface area contributed by atoms with Gasteiger partial charge in [-0.3, -0.25) is 9.59 Å². The average molecular weight is 326 g/mol. The van der Waals surface area contributed by atoms with E-state index in [1.54, 1.807) is 26.4 Å². The number of methoxy groups -OCH3 is 2. The SMILES string of the molecule is COc1ccc(OC)c2sc(NC(=O)CSC(C)=O)nc12. The number of fused-ring (bicyclic) bond motifs is 1. The van der Waals surface area contributed by atoms with Crippen molar-refractivity contribution in [2.24, 2.45) is 0 Å². The number of carbonyl (C=O) groups is 2. The standard InChI is InChI=1S/C13H14N2O4S2/c1-7(16)20-6-10(17)14-13-15-11-8(18-2)4-5-9(19-3)12(11)21-13/h4-5H,6H2,1-3H3,(H,14,15,17). The summed E-state index contributed by atoms with van der Waals surface area (Å²) in [5, 5.41) is 3.02. The van der Waals surface area contributed by atoms with Crippen LogP contribution in [-0.2, 0) is 9.59 Å². The first-order chi connectivity index (χ1) is 10.0. The summed E-state index contributed by atoms with van der Waals surface area (Å²) < 4.78 is 11.3. The Morgan fingerprint density at radius 1 is 1.29 bits per heavy atom. The second kappa shape index (κ2) is 6.77. The molecule has 1 aromatic carbocycles. The van der Waals surface area contributed by atoms with Crippen LogP contribution in [0.4, 0.5) is 5.13 Å². The fraction of sp³-hybridized carbons (Fsp3) is 0.308. The molecule has 0 bridgehead atoms. The third-order valence-corrected chi connectivity index (χ3v) is 4.36. The third-order valence-electron chi connectivity index (χ3n) is 2.56. The van der Waals surface area contributed by atoms with Gasteiger partial charge in [-0.1, -0.05) is 23.1 Å². The van der Waals surface area contributed by atoms with E-state index < -0.39 is 0 Å². The zero-order valence-corrected chi connectivity index (χ0v) is 13.4. The van der Waals surface area contributed by atoms with Crippen molar-refractivity contribution in [2.45, 2.75) is 6.92 Å². The topological polar surface area (TPSA) is 77.5 Å². The Morgan fingerprint density at radius 2 is 1.95 bits per heavy atom. The van der Waals surface area contributed by atoms with Crippen LogP contribution >= 0.6 is 23.1 Å². The number of aromatic nitrogens is 1. The van der Waals surface area contributed by atoms with Gasteiger partial charge in [-0.2, -0.15) is 0 Å². The van der Waals surface area contributed by atoms with Crippen LogP contribution in [0.3, 0.4) is 0 Å². The van der Waals surface area contributed by atoms with Gasteiger partial charge in [-0.05, 0) is 12.1 Å². The van der Waals surface area contributed by atoms with Crippen molar-refractivity contribution in [3.8, 4) is 11.5 Å². The highest BCUT2D eigenvalue weighted by molar-refractivity contribution is 8.14. The second-order valence-electron chi connectivity index (χ2n) is 4.00. The maximum Gasteiger partial charge on any atom is 0.236 e. The highest BCUT2D eigenvalue weighted by Gasteiger charge is 2.15. The average Bonchev–Trinajstić information content (AvgIpc) is 2.87. The largest absolute Gasteiger partial charge is 0.495 e. The molecule has 2 rings (SSSR count). The van der Waals surface area contributed by atoms with Crippen LogP contribution in [0.1, 0.15) is 6.92 Å². The number of nitrogens with zero attached hydrogens (tertiary/aromatic N) is 1. The molecule has 0 radical (unpaired) electrons. The number of benzene rings is 1. The van der Waals surface area contributed by atoms with Crippen LogP contribution in [0.15, 0.2) is 12.1 Å². The van der Waals surface area contributed by atoms with Gasteiger partial charge < -0.3 is 14.8 Å². The number of ether oxygens (including phenoxy) is 2. The van der Waals surface area contributed by atoms with E-state index >= 15 is 0 Å². The van der Waals surface area contributed by atoms with E-state index in [2.05, 4.69) is 10.3 Å². The molecule has 1 aromatic heterocycles. The molecule has 6 nitrogen and oxygen atoms in total. The molecule has 8 heteroatoms. The van der Waals surface area contributed by atoms with Crippen LogP contribution in [0, 0.1) is 0 Å². The lowest BCUT2D eigenvalue weighted by Crippen LogP contribution is -2.14. The van der Waals surface area contributed by atoms with E-state index in [0.717, 1.165) is 16.5 Å². The summed E-state index contributed by atoms with van der Waals surface area (Å²) in [4.78, 5) is 26.9. The minimum absolute atomic E-state index is 0.0690. The number of hydrogen-bond acceptors (Lipinski definition) is 7. The number of thioether (sulfide) groups is 1. The molecule has 0 atom stereocenters. The minimum atomic E-state index is -0.271. The molecule has 0 saturated heterocycles. The predicted molar refractivity (Wildman–Crippen MR) is 84.5 cm³/mol. The lowest BCUT2D eigenvalue weighted by atomic mass is 10.3. The molecule has 1 N–H and O–H groups in total. The van der Waals surface area contributed by atoms with E-state index in [-0.39, 0.29) is 16.8 Å². The maximum absolute atomic E-state index is 11.7. The first-order valence-corrected chi connectivity index (χ1v) is 7.80. The van der Waals surface area contributed by atoms with E-state index in [1.165, 1.54) is 18.3 Å². The molecule has 0 fully saturated rings. The summed E-state index contributed by atoms with van der Waals surface area (Å²) in [5.41, 5.74) is 0.636. The molecule has 112 valence electrons. The van der Waals surface area contributed by atoms with Gasteiger partial charge >= 0.3 is 0 Å². The number of anilines is 1. The molecule has 1 amide bonds. The summed E-state index contributed by atoms with van der Waals surface area (Å²) in [6, 6.07) is 3.55. The van der Waals surface area contributed by atoms with E-state index in [1.807, 2.05) is 0 Å². The minimum Gasteiger partial charge on any atom is -0.495 e. The van der Waals surface area contributed by atoms with Crippen LogP contribution in [0.5, 0.6) is 11.5 Å². The molecular formula is C13H14N2O4S2. The number of rotatable bonds is 5. The molecule has 0 aliphatic carbocycles. The van der Waals surface area contributed by atoms with Gasteiger partial charge in [-0.25, -0.2) is 4.98 Å². The smallest absolute Gasteiger partial charge is 0.236 e.